The molecule has 0 radical (unpaired) electrons. The highest BCUT2D eigenvalue weighted by molar-refractivity contribution is 7.17. The molecule has 6 nitrogen and oxygen atoms in total. The van der Waals surface area contributed by atoms with E-state index in [1.165, 1.54) is 24.2 Å². The van der Waals surface area contributed by atoms with Crippen LogP contribution in [-0.2, 0) is 11.3 Å². The Kier molecular flexibility index (Phi) is 6.81. The fourth-order valence-corrected chi connectivity index (χ4v) is 6.10. The maximum Gasteiger partial charge on any atom is 0.260 e. The second-order valence-electron chi connectivity index (χ2n) is 9.14. The average Bonchev–Trinajstić information content (AvgIpc) is 3.06. The Hall–Kier alpha value is -2.22. The number of H-pyrrole nitrogens is 1. The number of hydrogen-bond acceptors (Lipinski definition) is 5. The van der Waals surface area contributed by atoms with E-state index in [9.17, 15) is 9.59 Å². The minimum absolute atomic E-state index is 0.104. The van der Waals surface area contributed by atoms with Crippen LogP contribution in [0, 0.1) is 5.92 Å². The summed E-state index contributed by atoms with van der Waals surface area (Å²) in [6.07, 6.45) is 6.50. The molecule has 174 valence electrons. The molecule has 0 unspecified atom stereocenters. The van der Waals surface area contributed by atoms with Gasteiger partial charge in [0.1, 0.15) is 10.7 Å². The molecule has 2 aliphatic rings. The number of rotatable bonds is 4. The third-order valence-electron chi connectivity index (χ3n) is 6.88. The summed E-state index contributed by atoms with van der Waals surface area (Å²) in [5.74, 6) is 1.17. The second kappa shape index (κ2) is 9.95. The molecule has 0 aliphatic carbocycles. The maximum absolute atomic E-state index is 12.9. The van der Waals surface area contributed by atoms with Crippen LogP contribution in [0.2, 0.25) is 5.02 Å². The Labute approximate surface area is 202 Å². The molecule has 2 aromatic heterocycles. The van der Waals surface area contributed by atoms with Crippen LogP contribution >= 0.6 is 22.9 Å². The molecule has 0 bridgehead atoms. The molecule has 1 N–H and O–H groups in total. The van der Waals surface area contributed by atoms with E-state index in [0.29, 0.717) is 28.7 Å². The second-order valence-corrected chi connectivity index (χ2v) is 10.4. The molecule has 8 heteroatoms. The van der Waals surface area contributed by atoms with Gasteiger partial charge < -0.3 is 9.88 Å². The molecule has 2 saturated heterocycles. The summed E-state index contributed by atoms with van der Waals surface area (Å²) < 4.78 is 0. The first-order chi connectivity index (χ1) is 16.1. The zero-order valence-electron chi connectivity index (χ0n) is 18.7. The minimum Gasteiger partial charge on any atom is -0.342 e. The molecular weight excluding hydrogens is 456 g/mol. The average molecular weight is 485 g/mol. The molecule has 0 atom stereocenters. The number of thiophene rings is 1. The van der Waals surface area contributed by atoms with Crippen molar-refractivity contribution in [1.29, 1.82) is 0 Å². The lowest BCUT2D eigenvalue weighted by molar-refractivity contribution is -0.137. The van der Waals surface area contributed by atoms with Gasteiger partial charge in [0.15, 0.2) is 0 Å². The normalized spacial score (nSPS) is 18.5. The predicted octanol–water partition coefficient (Wildman–Crippen LogP) is 4.92. The van der Waals surface area contributed by atoms with E-state index in [-0.39, 0.29) is 11.5 Å². The molecular formula is C25H29ClN4O2S. The molecule has 2 aliphatic heterocycles. The molecule has 4 heterocycles. The monoisotopic (exact) mass is 484 g/mol. The van der Waals surface area contributed by atoms with E-state index in [4.69, 9.17) is 16.6 Å². The van der Waals surface area contributed by atoms with Gasteiger partial charge in [-0.2, -0.15) is 0 Å². The Morgan fingerprint density at radius 2 is 1.76 bits per heavy atom. The first-order valence-corrected chi connectivity index (χ1v) is 13.1. The Bertz CT molecular complexity index is 1170. The Morgan fingerprint density at radius 1 is 1.06 bits per heavy atom. The number of amides is 1. The SMILES string of the molecule is O=C(C1CCN(Cc2nc3scc(-c4ccc(Cl)cc4)c3c(=O)[nH]2)CC1)N1CCCCCC1. The van der Waals surface area contributed by atoms with Crippen LogP contribution in [0.25, 0.3) is 21.3 Å². The summed E-state index contributed by atoms with van der Waals surface area (Å²) in [4.78, 5) is 38.8. The molecule has 0 saturated carbocycles. The Balaban J connectivity index is 1.24. The summed E-state index contributed by atoms with van der Waals surface area (Å²) >= 11 is 7.50. The molecule has 2 fully saturated rings. The van der Waals surface area contributed by atoms with E-state index in [0.717, 1.165) is 67.8 Å². The number of likely N-dealkylation sites (tertiary alicyclic amines) is 2. The quantitative estimate of drug-likeness (QED) is 0.570. The number of carbonyl (C=O) groups excluding carboxylic acids is 1. The van der Waals surface area contributed by atoms with Crippen molar-refractivity contribution in [3.63, 3.8) is 0 Å². The highest BCUT2D eigenvalue weighted by Gasteiger charge is 2.29. The lowest BCUT2D eigenvalue weighted by Crippen LogP contribution is -2.43. The minimum atomic E-state index is -0.104. The van der Waals surface area contributed by atoms with Crippen LogP contribution in [0.3, 0.4) is 0 Å². The number of carbonyl (C=O) groups is 1. The number of hydrogen-bond donors (Lipinski definition) is 1. The van der Waals surface area contributed by atoms with Gasteiger partial charge in [0, 0.05) is 35.0 Å². The van der Waals surface area contributed by atoms with E-state index < -0.39 is 0 Å². The van der Waals surface area contributed by atoms with Crippen molar-refractivity contribution in [2.45, 2.75) is 45.1 Å². The summed E-state index contributed by atoms with van der Waals surface area (Å²) in [5.41, 5.74) is 1.74. The lowest BCUT2D eigenvalue weighted by Gasteiger charge is -2.33. The van der Waals surface area contributed by atoms with E-state index in [2.05, 4.69) is 14.8 Å². The zero-order valence-corrected chi connectivity index (χ0v) is 20.3. The zero-order chi connectivity index (χ0) is 22.8. The molecule has 33 heavy (non-hydrogen) atoms. The first kappa shape index (κ1) is 22.6. The van der Waals surface area contributed by atoms with E-state index in [1.807, 2.05) is 29.6 Å². The van der Waals surface area contributed by atoms with Gasteiger partial charge >= 0.3 is 0 Å². The smallest absolute Gasteiger partial charge is 0.260 e. The molecule has 1 amide bonds. The van der Waals surface area contributed by atoms with Crippen LogP contribution in [-0.4, -0.2) is 51.9 Å². The molecule has 3 aromatic rings. The first-order valence-electron chi connectivity index (χ1n) is 11.9. The van der Waals surface area contributed by atoms with Gasteiger partial charge in [-0.3, -0.25) is 14.5 Å². The highest BCUT2D eigenvalue weighted by atomic mass is 35.5. The van der Waals surface area contributed by atoms with Crippen LogP contribution in [0.1, 0.15) is 44.3 Å². The lowest BCUT2D eigenvalue weighted by atomic mass is 9.95. The van der Waals surface area contributed by atoms with Crippen molar-refractivity contribution in [1.82, 2.24) is 19.8 Å². The van der Waals surface area contributed by atoms with Gasteiger partial charge in [0.2, 0.25) is 5.91 Å². The van der Waals surface area contributed by atoms with Crippen LogP contribution < -0.4 is 5.56 Å². The number of halogens is 1. The summed E-state index contributed by atoms with van der Waals surface area (Å²) in [5, 5.41) is 3.29. The number of aromatic amines is 1. The topological polar surface area (TPSA) is 69.3 Å². The van der Waals surface area contributed by atoms with Crippen molar-refractivity contribution in [2.24, 2.45) is 5.92 Å². The van der Waals surface area contributed by atoms with E-state index >= 15 is 0 Å². The highest BCUT2D eigenvalue weighted by Crippen LogP contribution is 2.31. The third kappa shape index (κ3) is 5.00. The van der Waals surface area contributed by atoms with Crippen LogP contribution in [0.4, 0.5) is 0 Å². The van der Waals surface area contributed by atoms with Crippen LogP contribution in [0.5, 0.6) is 0 Å². The van der Waals surface area contributed by atoms with Gasteiger partial charge in [-0.25, -0.2) is 4.98 Å². The standard InChI is InChI=1S/C25H29ClN4O2S/c26-19-7-5-17(6-8-19)20-16-33-24-22(20)23(31)27-21(28-24)15-29-13-9-18(10-14-29)25(32)30-11-3-1-2-4-12-30/h5-8,16,18H,1-4,9-15H2,(H,27,28,31). The fraction of sp³-hybridized carbons (Fsp3) is 0.480. The number of piperidine rings is 1. The van der Waals surface area contributed by atoms with Crippen molar-refractivity contribution >= 4 is 39.1 Å². The Morgan fingerprint density at radius 3 is 2.45 bits per heavy atom. The largest absolute Gasteiger partial charge is 0.342 e. The van der Waals surface area contributed by atoms with Gasteiger partial charge in [-0.05, 0) is 56.5 Å². The number of nitrogens with one attached hydrogen (secondary N) is 1. The summed E-state index contributed by atoms with van der Waals surface area (Å²) in [6.45, 7) is 4.15. The van der Waals surface area contributed by atoms with Gasteiger partial charge in [0.25, 0.3) is 5.56 Å². The number of nitrogens with zero attached hydrogens (tertiary/aromatic N) is 3. The molecule has 1 aromatic carbocycles. The van der Waals surface area contributed by atoms with Crippen molar-refractivity contribution in [3.8, 4) is 11.1 Å². The van der Waals surface area contributed by atoms with Gasteiger partial charge in [0.05, 0.1) is 11.9 Å². The molecule has 0 spiro atoms. The number of aromatic nitrogens is 2. The van der Waals surface area contributed by atoms with Crippen molar-refractivity contribution in [2.75, 3.05) is 26.2 Å². The van der Waals surface area contributed by atoms with Crippen molar-refractivity contribution in [3.05, 3.63) is 50.8 Å². The van der Waals surface area contributed by atoms with Crippen LogP contribution in [0.15, 0.2) is 34.4 Å². The van der Waals surface area contributed by atoms with Crippen molar-refractivity contribution < 1.29 is 4.79 Å². The number of benzene rings is 1. The fourth-order valence-electron chi connectivity index (χ4n) is 5.01. The number of fused-ring (bicyclic) bond motifs is 1. The predicted molar refractivity (Wildman–Crippen MR) is 134 cm³/mol. The third-order valence-corrected chi connectivity index (χ3v) is 8.00. The van der Waals surface area contributed by atoms with Gasteiger partial charge in [-0.15, -0.1) is 11.3 Å². The van der Waals surface area contributed by atoms with Gasteiger partial charge in [-0.1, -0.05) is 36.6 Å². The summed E-state index contributed by atoms with van der Waals surface area (Å²) in [7, 11) is 0. The van der Waals surface area contributed by atoms with E-state index in [1.54, 1.807) is 0 Å². The summed E-state index contributed by atoms with van der Waals surface area (Å²) in [6, 6.07) is 7.51. The molecule has 5 rings (SSSR count). The maximum atomic E-state index is 12.9.